The molecule has 4 nitrogen and oxygen atoms in total. The van der Waals surface area contributed by atoms with Crippen LogP contribution in [0.2, 0.25) is 0 Å². The van der Waals surface area contributed by atoms with Gasteiger partial charge in [0.05, 0.1) is 6.54 Å². The van der Waals surface area contributed by atoms with E-state index in [0.717, 1.165) is 37.4 Å². The standard InChI is InChI=1S/C14H16N4/c15-12-5-1-6-13-11(12)4-2-9-18(13)10-14-16-7-3-8-17-14/h1,3,5-8H,2,4,9-10,15H2. The Hall–Kier alpha value is -2.10. The fraction of sp³-hybridized carbons (Fsp3) is 0.286. The van der Waals surface area contributed by atoms with E-state index < -0.39 is 0 Å². The number of hydrogen-bond acceptors (Lipinski definition) is 4. The second kappa shape index (κ2) is 4.64. The number of aromatic nitrogens is 2. The molecular formula is C14H16N4. The third kappa shape index (κ3) is 2.01. The lowest BCUT2D eigenvalue weighted by Crippen LogP contribution is -2.30. The van der Waals surface area contributed by atoms with Gasteiger partial charge in [-0.2, -0.15) is 0 Å². The van der Waals surface area contributed by atoms with E-state index in [9.17, 15) is 0 Å². The Bertz CT molecular complexity index is 539. The van der Waals surface area contributed by atoms with Crippen LogP contribution in [0, 0.1) is 0 Å². The summed E-state index contributed by atoms with van der Waals surface area (Å²) in [4.78, 5) is 10.9. The summed E-state index contributed by atoms with van der Waals surface area (Å²) in [6.07, 6.45) is 5.77. The van der Waals surface area contributed by atoms with E-state index in [0.29, 0.717) is 0 Å². The highest BCUT2D eigenvalue weighted by Crippen LogP contribution is 2.31. The van der Waals surface area contributed by atoms with Gasteiger partial charge in [0.25, 0.3) is 0 Å². The molecule has 0 unspecified atom stereocenters. The molecule has 0 fully saturated rings. The molecule has 4 heteroatoms. The van der Waals surface area contributed by atoms with Gasteiger partial charge >= 0.3 is 0 Å². The monoisotopic (exact) mass is 240 g/mol. The molecule has 0 bridgehead atoms. The minimum Gasteiger partial charge on any atom is -0.398 e. The Kier molecular flexibility index (Phi) is 2.84. The highest BCUT2D eigenvalue weighted by atomic mass is 15.2. The van der Waals surface area contributed by atoms with Gasteiger partial charge in [0, 0.05) is 30.3 Å². The van der Waals surface area contributed by atoms with Crippen molar-refractivity contribution in [3.63, 3.8) is 0 Å². The van der Waals surface area contributed by atoms with Crippen molar-refractivity contribution in [2.24, 2.45) is 0 Å². The molecule has 2 aromatic rings. The Morgan fingerprint density at radius 3 is 2.83 bits per heavy atom. The molecule has 2 heterocycles. The first kappa shape index (κ1) is 11.0. The quantitative estimate of drug-likeness (QED) is 0.816. The van der Waals surface area contributed by atoms with E-state index in [-0.39, 0.29) is 0 Å². The molecule has 1 aliphatic rings. The van der Waals surface area contributed by atoms with E-state index in [2.05, 4.69) is 20.9 Å². The average Bonchev–Trinajstić information content (AvgIpc) is 2.41. The van der Waals surface area contributed by atoms with Gasteiger partial charge < -0.3 is 10.6 Å². The molecule has 1 aromatic carbocycles. The van der Waals surface area contributed by atoms with Crippen molar-refractivity contribution in [2.75, 3.05) is 17.2 Å². The number of rotatable bonds is 2. The van der Waals surface area contributed by atoms with Crippen molar-refractivity contribution < 1.29 is 0 Å². The smallest absolute Gasteiger partial charge is 0.147 e. The van der Waals surface area contributed by atoms with Crippen LogP contribution in [-0.4, -0.2) is 16.5 Å². The molecule has 0 aliphatic carbocycles. The van der Waals surface area contributed by atoms with E-state index in [4.69, 9.17) is 5.73 Å². The fourth-order valence-corrected chi connectivity index (χ4v) is 2.47. The molecular weight excluding hydrogens is 224 g/mol. The molecule has 18 heavy (non-hydrogen) atoms. The summed E-state index contributed by atoms with van der Waals surface area (Å²) < 4.78 is 0. The lowest BCUT2D eigenvalue weighted by molar-refractivity contribution is 0.675. The van der Waals surface area contributed by atoms with Crippen molar-refractivity contribution in [2.45, 2.75) is 19.4 Å². The van der Waals surface area contributed by atoms with Crippen LogP contribution < -0.4 is 10.6 Å². The van der Waals surface area contributed by atoms with Gasteiger partial charge in [0.1, 0.15) is 5.82 Å². The minimum atomic E-state index is 0.747. The summed E-state index contributed by atoms with van der Waals surface area (Å²) >= 11 is 0. The molecule has 2 N–H and O–H groups in total. The van der Waals surface area contributed by atoms with Gasteiger partial charge in [-0.3, -0.25) is 0 Å². The predicted molar refractivity (Wildman–Crippen MR) is 72.3 cm³/mol. The first-order valence-corrected chi connectivity index (χ1v) is 6.23. The molecule has 0 atom stereocenters. The third-order valence-electron chi connectivity index (χ3n) is 3.33. The molecule has 0 radical (unpaired) electrons. The lowest BCUT2D eigenvalue weighted by atomic mass is 10.00. The first-order chi connectivity index (χ1) is 8.84. The van der Waals surface area contributed by atoms with Crippen LogP contribution in [0.3, 0.4) is 0 Å². The maximum Gasteiger partial charge on any atom is 0.147 e. The first-order valence-electron chi connectivity index (χ1n) is 6.23. The normalized spacial score (nSPS) is 14.3. The minimum absolute atomic E-state index is 0.747. The molecule has 0 spiro atoms. The van der Waals surface area contributed by atoms with Crippen LogP contribution in [0.25, 0.3) is 0 Å². The molecule has 0 saturated heterocycles. The summed E-state index contributed by atoms with van der Waals surface area (Å²) in [6, 6.07) is 7.96. The zero-order chi connectivity index (χ0) is 12.4. The number of anilines is 2. The molecule has 0 amide bonds. The van der Waals surface area contributed by atoms with Crippen LogP contribution >= 0.6 is 0 Å². The van der Waals surface area contributed by atoms with Crippen LogP contribution in [0.15, 0.2) is 36.7 Å². The number of hydrogen-bond donors (Lipinski definition) is 1. The SMILES string of the molecule is Nc1cccc2c1CCCN2Cc1ncccn1. The largest absolute Gasteiger partial charge is 0.398 e. The second-order valence-corrected chi connectivity index (χ2v) is 4.54. The van der Waals surface area contributed by atoms with Crippen LogP contribution in [-0.2, 0) is 13.0 Å². The maximum atomic E-state index is 6.04. The summed E-state index contributed by atoms with van der Waals surface area (Å²) in [5, 5.41) is 0. The third-order valence-corrected chi connectivity index (χ3v) is 3.33. The van der Waals surface area contributed by atoms with E-state index in [1.807, 2.05) is 18.2 Å². The zero-order valence-electron chi connectivity index (χ0n) is 10.2. The van der Waals surface area contributed by atoms with Crippen molar-refractivity contribution in [3.05, 3.63) is 48.0 Å². The predicted octanol–water partition coefficient (Wildman–Crippen LogP) is 2.01. The van der Waals surface area contributed by atoms with Crippen molar-refractivity contribution in [1.29, 1.82) is 0 Å². The maximum absolute atomic E-state index is 6.04. The van der Waals surface area contributed by atoms with Crippen LogP contribution in [0.5, 0.6) is 0 Å². The highest BCUT2D eigenvalue weighted by molar-refractivity contribution is 5.66. The lowest BCUT2D eigenvalue weighted by Gasteiger charge is -2.31. The summed E-state index contributed by atoms with van der Waals surface area (Å²) in [6.45, 7) is 1.78. The second-order valence-electron chi connectivity index (χ2n) is 4.54. The zero-order valence-corrected chi connectivity index (χ0v) is 10.2. The van der Waals surface area contributed by atoms with Gasteiger partial charge in [0.2, 0.25) is 0 Å². The highest BCUT2D eigenvalue weighted by Gasteiger charge is 2.19. The van der Waals surface area contributed by atoms with E-state index in [1.165, 1.54) is 11.3 Å². The summed E-state index contributed by atoms with van der Waals surface area (Å²) in [5.41, 5.74) is 9.43. The van der Waals surface area contributed by atoms with E-state index >= 15 is 0 Å². The molecule has 92 valence electrons. The average molecular weight is 240 g/mol. The van der Waals surface area contributed by atoms with Crippen molar-refractivity contribution in [3.8, 4) is 0 Å². The van der Waals surface area contributed by atoms with Gasteiger partial charge in [-0.15, -0.1) is 0 Å². The van der Waals surface area contributed by atoms with Crippen molar-refractivity contribution >= 4 is 11.4 Å². The Morgan fingerprint density at radius 2 is 2.00 bits per heavy atom. The fourth-order valence-electron chi connectivity index (χ4n) is 2.47. The van der Waals surface area contributed by atoms with Crippen LogP contribution in [0.1, 0.15) is 17.8 Å². The van der Waals surface area contributed by atoms with Gasteiger partial charge in [-0.05, 0) is 36.6 Å². The molecule has 1 aromatic heterocycles. The molecule has 1 aliphatic heterocycles. The van der Waals surface area contributed by atoms with E-state index in [1.54, 1.807) is 12.4 Å². The number of fused-ring (bicyclic) bond motifs is 1. The Labute approximate surface area is 106 Å². The molecule has 3 rings (SSSR count). The number of nitrogens with zero attached hydrogens (tertiary/aromatic N) is 3. The summed E-state index contributed by atoms with van der Waals surface area (Å²) in [7, 11) is 0. The number of nitrogen functional groups attached to an aromatic ring is 1. The van der Waals surface area contributed by atoms with Gasteiger partial charge in [-0.25, -0.2) is 9.97 Å². The summed E-state index contributed by atoms with van der Waals surface area (Å²) in [5.74, 6) is 0.854. The van der Waals surface area contributed by atoms with Crippen LogP contribution in [0.4, 0.5) is 11.4 Å². The van der Waals surface area contributed by atoms with Gasteiger partial charge in [-0.1, -0.05) is 6.07 Å². The topological polar surface area (TPSA) is 55.0 Å². The Balaban J connectivity index is 1.90. The number of benzene rings is 1. The van der Waals surface area contributed by atoms with Crippen molar-refractivity contribution in [1.82, 2.24) is 9.97 Å². The molecule has 0 saturated carbocycles. The van der Waals surface area contributed by atoms with Gasteiger partial charge in [0.15, 0.2) is 0 Å². The Morgan fingerprint density at radius 1 is 1.17 bits per heavy atom. The number of nitrogens with two attached hydrogens (primary N) is 1.